The van der Waals surface area contributed by atoms with E-state index in [0.29, 0.717) is 0 Å². The summed E-state index contributed by atoms with van der Waals surface area (Å²) in [6, 6.07) is 0. The van der Waals surface area contributed by atoms with E-state index in [0.717, 1.165) is 0 Å². The van der Waals surface area contributed by atoms with Crippen LogP contribution in [0.25, 0.3) is 0 Å². The van der Waals surface area contributed by atoms with Crippen LogP contribution >= 0.6 is 0 Å². The summed E-state index contributed by atoms with van der Waals surface area (Å²) in [7, 11) is -2.17. The van der Waals surface area contributed by atoms with Gasteiger partial charge in [-0.3, -0.25) is 0 Å². The Bertz CT molecular complexity index is 16.4. The molecule has 7 heavy (non-hydrogen) atoms. The Kier molecular flexibility index (Phi) is 51.6. The zero-order valence-electron chi connectivity index (χ0n) is 2.42. The van der Waals surface area contributed by atoms with Gasteiger partial charge in [-0.15, -0.1) is 0 Å². The third kappa shape index (κ3) is 71.7. The zero-order valence-corrected chi connectivity index (χ0v) is 2.42. The molecular weight excluding hydrogens is 239 g/mol. The summed E-state index contributed by atoms with van der Waals surface area (Å²) in [5, 5.41) is 21.5. The minimum atomic E-state index is -2.17. The van der Waals surface area contributed by atoms with Crippen LogP contribution in [0.15, 0.2) is 0 Å². The van der Waals surface area contributed by atoms with Gasteiger partial charge in [-0.2, -0.15) is 0 Å². The second kappa shape index (κ2) is 15.7. The van der Waals surface area contributed by atoms with Crippen LogP contribution in [0, 0.1) is 0 Å². The fourth-order valence-electron chi connectivity index (χ4n) is 0. The third-order valence-electron chi connectivity index (χ3n) is 0. The summed E-state index contributed by atoms with van der Waals surface area (Å²) in [5.74, 6) is 0. The molecule has 0 aromatic heterocycles. The summed E-state index contributed by atoms with van der Waals surface area (Å²) in [5.41, 5.74) is 0. The quantitative estimate of drug-likeness (QED) is 0.375. The molecule has 7 heteroatoms. The molecule has 0 saturated heterocycles. The van der Waals surface area contributed by atoms with Crippen LogP contribution in [0.4, 0.5) is 0 Å². The molecule has 0 aliphatic rings. The monoisotopic (exact) mass is 250 g/mol. The topological polar surface area (TPSA) is 92.2 Å². The average molecular weight is 249 g/mol. The van der Waals surface area contributed by atoms with Gasteiger partial charge in [0, 0.05) is 0 Å². The van der Waals surface area contributed by atoms with Crippen molar-refractivity contribution in [3.63, 3.8) is 0 Å². The van der Waals surface area contributed by atoms with Gasteiger partial charge in [-0.05, 0) is 0 Å². The Hall–Kier alpha value is 2.01. The van der Waals surface area contributed by atoms with Gasteiger partial charge >= 0.3 is 56.2 Å². The Morgan fingerprint density at radius 3 is 1.00 bits per heavy atom. The Morgan fingerprint density at radius 2 is 1.00 bits per heavy atom. The molecule has 5 N–H and O–H groups in total. The van der Waals surface area contributed by atoms with E-state index in [1.807, 2.05) is 0 Å². The van der Waals surface area contributed by atoms with Crippen LogP contribution in [0.1, 0.15) is 0 Å². The molecular formula is H10AlBBaO4. The van der Waals surface area contributed by atoms with Crippen molar-refractivity contribution in [2.45, 2.75) is 0 Å². The van der Waals surface area contributed by atoms with Crippen molar-refractivity contribution in [1.82, 2.24) is 0 Å². The zero-order chi connectivity index (χ0) is 3.58. The first kappa shape index (κ1) is 23.0. The van der Waals surface area contributed by atoms with Gasteiger partial charge in [0.25, 0.3) is 0 Å². The molecule has 0 atom stereocenters. The summed E-state index contributed by atoms with van der Waals surface area (Å²) >= 11 is 0. The molecule has 0 aliphatic heterocycles. The average Bonchev–Trinajstić information content (AvgIpc) is 0.811. The number of hydrogen-bond donors (Lipinski definition) is 3. The molecule has 0 saturated carbocycles. The van der Waals surface area contributed by atoms with Crippen molar-refractivity contribution < 1.29 is 20.5 Å². The van der Waals surface area contributed by atoms with E-state index in [-0.39, 0.29) is 71.7 Å². The molecule has 42 valence electrons. The van der Waals surface area contributed by atoms with Crippen molar-refractivity contribution in [3.05, 3.63) is 0 Å². The Labute approximate surface area is 92.6 Å². The van der Waals surface area contributed by atoms with Gasteiger partial charge in [-0.25, -0.2) is 0 Å². The van der Waals surface area contributed by atoms with Crippen LogP contribution in [-0.2, 0) is 0 Å². The fourth-order valence-corrected chi connectivity index (χ4v) is 0. The molecule has 0 bridgehead atoms. The van der Waals surface area contributed by atoms with Gasteiger partial charge in [0.15, 0.2) is 17.4 Å². The molecule has 0 aromatic carbocycles. The first-order valence-electron chi connectivity index (χ1n) is 0.775. The Morgan fingerprint density at radius 1 is 1.00 bits per heavy atom. The fraction of sp³-hybridized carbons (Fsp3) is 0. The molecule has 0 unspecified atom stereocenters. The molecule has 0 fully saturated rings. The summed E-state index contributed by atoms with van der Waals surface area (Å²) in [6.07, 6.45) is 0. The first-order valence-corrected chi connectivity index (χ1v) is 0.775. The van der Waals surface area contributed by atoms with E-state index in [2.05, 4.69) is 0 Å². The maximum atomic E-state index is 7.17. The van der Waals surface area contributed by atoms with Crippen molar-refractivity contribution >= 4 is 73.6 Å². The summed E-state index contributed by atoms with van der Waals surface area (Å²) < 4.78 is 0. The van der Waals surface area contributed by atoms with Crippen LogP contribution in [-0.4, -0.2) is 94.1 Å². The van der Waals surface area contributed by atoms with Gasteiger partial charge in [0.2, 0.25) is 0 Å². The second-order valence-corrected chi connectivity index (χ2v) is 0.346. The molecule has 0 aliphatic carbocycles. The summed E-state index contributed by atoms with van der Waals surface area (Å²) in [6.45, 7) is 0. The molecule has 0 rings (SSSR count). The Balaban J connectivity index is -0.0000000150. The van der Waals surface area contributed by atoms with Crippen molar-refractivity contribution in [3.8, 4) is 0 Å². The third-order valence-corrected chi connectivity index (χ3v) is 0. The molecule has 0 amide bonds. The SMILES string of the molecule is O.OB(O)O.[AlH3].[BaH2]. The summed E-state index contributed by atoms with van der Waals surface area (Å²) in [4.78, 5) is 0. The first-order chi connectivity index (χ1) is 1.73. The van der Waals surface area contributed by atoms with Crippen LogP contribution < -0.4 is 0 Å². The van der Waals surface area contributed by atoms with E-state index in [4.69, 9.17) is 15.1 Å². The standard InChI is InChI=1S/Al.BH3O3.Ba.H2O.5H/c;2-1(3)4;;;;;;;/h;2-4H;;1H2;;;;;. The van der Waals surface area contributed by atoms with E-state index in [1.54, 1.807) is 0 Å². The van der Waals surface area contributed by atoms with E-state index in [9.17, 15) is 0 Å². The molecule has 0 radical (unpaired) electrons. The van der Waals surface area contributed by atoms with Crippen LogP contribution in [0.2, 0.25) is 0 Å². The van der Waals surface area contributed by atoms with E-state index >= 15 is 0 Å². The predicted octanol–water partition coefficient (Wildman–Crippen LogP) is -4.98. The predicted molar refractivity (Wildman–Crippen MR) is 34.5 cm³/mol. The number of hydrogen-bond acceptors (Lipinski definition) is 3. The normalized spacial score (nSPS) is 3.86. The minimum absolute atomic E-state index is 0. The van der Waals surface area contributed by atoms with Crippen molar-refractivity contribution in [1.29, 1.82) is 0 Å². The van der Waals surface area contributed by atoms with E-state index in [1.165, 1.54) is 0 Å². The van der Waals surface area contributed by atoms with E-state index < -0.39 is 7.32 Å². The maximum absolute atomic E-state index is 7.17. The van der Waals surface area contributed by atoms with Gasteiger partial charge in [0.05, 0.1) is 0 Å². The molecule has 0 spiro atoms. The van der Waals surface area contributed by atoms with Gasteiger partial charge in [0.1, 0.15) is 0 Å². The number of rotatable bonds is 0. The van der Waals surface area contributed by atoms with Gasteiger partial charge in [-0.1, -0.05) is 0 Å². The molecule has 4 nitrogen and oxygen atoms in total. The molecule has 0 aromatic rings. The van der Waals surface area contributed by atoms with Gasteiger partial charge < -0.3 is 20.5 Å². The second-order valence-electron chi connectivity index (χ2n) is 0.346. The van der Waals surface area contributed by atoms with Crippen LogP contribution in [0.3, 0.4) is 0 Å². The van der Waals surface area contributed by atoms with Crippen molar-refractivity contribution in [2.24, 2.45) is 0 Å². The van der Waals surface area contributed by atoms with Crippen molar-refractivity contribution in [2.75, 3.05) is 0 Å². The van der Waals surface area contributed by atoms with Crippen LogP contribution in [0.5, 0.6) is 0 Å². The molecule has 0 heterocycles.